The zero-order chi connectivity index (χ0) is 11.1. The van der Waals surface area contributed by atoms with E-state index in [1.807, 2.05) is 0 Å². The van der Waals surface area contributed by atoms with Gasteiger partial charge in [0.1, 0.15) is 0 Å². The maximum absolute atomic E-state index is 11.0. The van der Waals surface area contributed by atoms with Crippen LogP contribution in [0.2, 0.25) is 0 Å². The van der Waals surface area contributed by atoms with Gasteiger partial charge in [-0.2, -0.15) is 0 Å². The van der Waals surface area contributed by atoms with Crippen molar-refractivity contribution in [2.75, 3.05) is 7.11 Å². The first kappa shape index (κ1) is 11.8. The summed E-state index contributed by atoms with van der Waals surface area (Å²) >= 11 is 0. The van der Waals surface area contributed by atoms with Crippen molar-refractivity contribution in [3.8, 4) is 0 Å². The van der Waals surface area contributed by atoms with Crippen molar-refractivity contribution in [3.05, 3.63) is 35.4 Å². The summed E-state index contributed by atoms with van der Waals surface area (Å²) in [6.07, 6.45) is 3.49. The Kier molecular flexibility index (Phi) is 4.88. The van der Waals surface area contributed by atoms with E-state index < -0.39 is 0 Å². The highest BCUT2D eigenvalue weighted by atomic mass is 16.5. The van der Waals surface area contributed by atoms with Crippen molar-refractivity contribution >= 4 is 5.97 Å². The number of methoxy groups -OCH3 is 1. The maximum atomic E-state index is 11.0. The number of benzene rings is 1. The average Bonchev–Trinajstić information content (AvgIpc) is 2.27. The van der Waals surface area contributed by atoms with Gasteiger partial charge in [0, 0.05) is 6.42 Å². The van der Waals surface area contributed by atoms with Crippen molar-refractivity contribution in [1.29, 1.82) is 0 Å². The summed E-state index contributed by atoms with van der Waals surface area (Å²) in [6.45, 7) is 2.17. The zero-order valence-corrected chi connectivity index (χ0v) is 9.45. The lowest BCUT2D eigenvalue weighted by molar-refractivity contribution is -0.140. The number of rotatable bonds is 5. The SMILES string of the molecule is CCCc1cccc(CCC(=O)OC)c1. The first-order valence-corrected chi connectivity index (χ1v) is 5.41. The number of aryl methyl sites for hydroxylation is 2. The van der Waals surface area contributed by atoms with Gasteiger partial charge in [0.2, 0.25) is 0 Å². The molecule has 0 aliphatic heterocycles. The summed E-state index contributed by atoms with van der Waals surface area (Å²) in [5.74, 6) is -0.143. The highest BCUT2D eigenvalue weighted by molar-refractivity contribution is 5.69. The van der Waals surface area contributed by atoms with Gasteiger partial charge in [-0.05, 0) is 24.0 Å². The molecule has 0 spiro atoms. The van der Waals surface area contributed by atoms with Crippen LogP contribution < -0.4 is 0 Å². The van der Waals surface area contributed by atoms with Crippen LogP contribution in [0.15, 0.2) is 24.3 Å². The summed E-state index contributed by atoms with van der Waals surface area (Å²) in [5.41, 5.74) is 2.56. The number of hydrogen-bond donors (Lipinski definition) is 0. The van der Waals surface area contributed by atoms with E-state index in [0.717, 1.165) is 19.3 Å². The molecule has 2 heteroatoms. The van der Waals surface area contributed by atoms with E-state index in [-0.39, 0.29) is 5.97 Å². The Bertz CT molecular complexity index is 318. The quantitative estimate of drug-likeness (QED) is 0.692. The van der Waals surface area contributed by atoms with E-state index in [1.54, 1.807) is 0 Å². The summed E-state index contributed by atoms with van der Waals surface area (Å²) < 4.78 is 4.61. The minimum Gasteiger partial charge on any atom is -0.469 e. The molecule has 0 atom stereocenters. The van der Waals surface area contributed by atoms with Crippen molar-refractivity contribution < 1.29 is 9.53 Å². The third-order valence-electron chi connectivity index (χ3n) is 2.38. The molecule has 1 aromatic rings. The number of carbonyl (C=O) groups is 1. The molecular weight excluding hydrogens is 188 g/mol. The van der Waals surface area contributed by atoms with Gasteiger partial charge in [-0.1, -0.05) is 37.6 Å². The van der Waals surface area contributed by atoms with Gasteiger partial charge in [0.05, 0.1) is 7.11 Å². The second-order valence-electron chi connectivity index (χ2n) is 3.65. The van der Waals surface area contributed by atoms with Crippen LogP contribution in [-0.2, 0) is 22.4 Å². The Morgan fingerprint density at radius 3 is 2.53 bits per heavy atom. The zero-order valence-electron chi connectivity index (χ0n) is 9.45. The Hall–Kier alpha value is -1.31. The Morgan fingerprint density at radius 1 is 1.27 bits per heavy atom. The normalized spacial score (nSPS) is 10.0. The minimum absolute atomic E-state index is 0.143. The molecular formula is C13H18O2. The molecule has 0 bridgehead atoms. The molecule has 0 N–H and O–H groups in total. The number of esters is 1. The molecule has 0 unspecified atom stereocenters. The molecule has 0 radical (unpaired) electrons. The fourth-order valence-electron chi connectivity index (χ4n) is 1.58. The average molecular weight is 206 g/mol. The van der Waals surface area contributed by atoms with E-state index in [4.69, 9.17) is 0 Å². The second kappa shape index (κ2) is 6.23. The van der Waals surface area contributed by atoms with Crippen molar-refractivity contribution in [2.45, 2.75) is 32.6 Å². The predicted molar refractivity (Wildman–Crippen MR) is 60.8 cm³/mol. The van der Waals surface area contributed by atoms with Crippen LogP contribution in [0.3, 0.4) is 0 Å². The van der Waals surface area contributed by atoms with Gasteiger partial charge >= 0.3 is 5.97 Å². The van der Waals surface area contributed by atoms with Gasteiger partial charge in [0.25, 0.3) is 0 Å². The van der Waals surface area contributed by atoms with Crippen LogP contribution >= 0.6 is 0 Å². The minimum atomic E-state index is -0.143. The first-order valence-electron chi connectivity index (χ1n) is 5.41. The fraction of sp³-hybridized carbons (Fsp3) is 0.462. The highest BCUT2D eigenvalue weighted by Gasteiger charge is 2.01. The summed E-state index contributed by atoms with van der Waals surface area (Å²) in [6, 6.07) is 8.41. The number of ether oxygens (including phenoxy) is 1. The molecule has 1 rings (SSSR count). The van der Waals surface area contributed by atoms with Crippen LogP contribution in [0.4, 0.5) is 0 Å². The van der Waals surface area contributed by atoms with Crippen molar-refractivity contribution in [2.24, 2.45) is 0 Å². The Morgan fingerprint density at radius 2 is 1.93 bits per heavy atom. The highest BCUT2D eigenvalue weighted by Crippen LogP contribution is 2.09. The van der Waals surface area contributed by atoms with Crippen molar-refractivity contribution in [3.63, 3.8) is 0 Å². The molecule has 2 nitrogen and oxygen atoms in total. The van der Waals surface area contributed by atoms with Crippen LogP contribution in [0, 0.1) is 0 Å². The van der Waals surface area contributed by atoms with E-state index in [0.29, 0.717) is 6.42 Å². The molecule has 82 valence electrons. The summed E-state index contributed by atoms with van der Waals surface area (Å²) in [5, 5.41) is 0. The van der Waals surface area contributed by atoms with Gasteiger partial charge in [-0.15, -0.1) is 0 Å². The smallest absolute Gasteiger partial charge is 0.305 e. The van der Waals surface area contributed by atoms with Crippen LogP contribution in [0.1, 0.15) is 30.9 Å². The van der Waals surface area contributed by atoms with Crippen LogP contribution in [-0.4, -0.2) is 13.1 Å². The van der Waals surface area contributed by atoms with Crippen molar-refractivity contribution in [1.82, 2.24) is 0 Å². The molecule has 1 aromatic carbocycles. The third-order valence-corrected chi connectivity index (χ3v) is 2.38. The third kappa shape index (κ3) is 4.15. The molecule has 0 aromatic heterocycles. The predicted octanol–water partition coefficient (Wildman–Crippen LogP) is 2.74. The van der Waals surface area contributed by atoms with E-state index in [1.165, 1.54) is 18.2 Å². The molecule has 0 saturated heterocycles. The van der Waals surface area contributed by atoms with Gasteiger partial charge in [-0.25, -0.2) is 0 Å². The topological polar surface area (TPSA) is 26.3 Å². The molecule has 0 fully saturated rings. The first-order chi connectivity index (χ1) is 7.26. The molecule has 0 aliphatic carbocycles. The van der Waals surface area contributed by atoms with Crippen LogP contribution in [0.25, 0.3) is 0 Å². The largest absolute Gasteiger partial charge is 0.469 e. The van der Waals surface area contributed by atoms with E-state index >= 15 is 0 Å². The van der Waals surface area contributed by atoms with Gasteiger partial charge < -0.3 is 4.74 Å². The van der Waals surface area contributed by atoms with E-state index in [2.05, 4.69) is 35.9 Å². The lowest BCUT2D eigenvalue weighted by atomic mass is 10.0. The second-order valence-corrected chi connectivity index (χ2v) is 3.65. The van der Waals surface area contributed by atoms with E-state index in [9.17, 15) is 4.79 Å². The molecule has 0 saturated carbocycles. The lowest BCUT2D eigenvalue weighted by Gasteiger charge is -2.03. The monoisotopic (exact) mass is 206 g/mol. The van der Waals surface area contributed by atoms with Crippen LogP contribution in [0.5, 0.6) is 0 Å². The number of hydrogen-bond acceptors (Lipinski definition) is 2. The van der Waals surface area contributed by atoms with Gasteiger partial charge in [-0.3, -0.25) is 4.79 Å². The molecule has 0 aliphatic rings. The van der Waals surface area contributed by atoms with Gasteiger partial charge in [0.15, 0.2) is 0 Å². The molecule has 0 heterocycles. The maximum Gasteiger partial charge on any atom is 0.305 e. The summed E-state index contributed by atoms with van der Waals surface area (Å²) in [7, 11) is 1.43. The Balaban J connectivity index is 2.53. The fourth-order valence-corrected chi connectivity index (χ4v) is 1.58. The number of carbonyl (C=O) groups excluding carboxylic acids is 1. The molecule has 0 amide bonds. The summed E-state index contributed by atoms with van der Waals surface area (Å²) in [4.78, 5) is 11.0. The standard InChI is InChI=1S/C13H18O2/c1-3-5-11-6-4-7-12(10-11)8-9-13(14)15-2/h4,6-7,10H,3,5,8-9H2,1-2H3. The lowest BCUT2D eigenvalue weighted by Crippen LogP contribution is -2.02. The Labute approximate surface area is 91.3 Å². The molecule has 15 heavy (non-hydrogen) atoms.